The van der Waals surface area contributed by atoms with Crippen LogP contribution in [0.25, 0.3) is 5.57 Å². The Morgan fingerprint density at radius 2 is 1.94 bits per heavy atom. The maximum absolute atomic E-state index is 12.7. The average Bonchev–Trinajstić information content (AvgIpc) is 3.03. The van der Waals surface area contributed by atoms with Gasteiger partial charge in [0.25, 0.3) is 0 Å². The fraction of sp³-hybridized carbons (Fsp3) is 0.375. The topological polar surface area (TPSA) is 120 Å². The summed E-state index contributed by atoms with van der Waals surface area (Å²) in [6.07, 6.45) is -4.86. The highest BCUT2D eigenvalue weighted by Crippen LogP contribution is 2.32. The lowest BCUT2D eigenvalue weighted by atomic mass is 9.92. The highest BCUT2D eigenvalue weighted by molar-refractivity contribution is 6.32. The molecule has 2 amide bonds. The van der Waals surface area contributed by atoms with Gasteiger partial charge in [-0.05, 0) is 50.1 Å². The maximum Gasteiger partial charge on any atom is 0.319 e. The van der Waals surface area contributed by atoms with Crippen LogP contribution >= 0.6 is 11.6 Å². The Balaban J connectivity index is 1.69. The molecule has 1 saturated heterocycles. The molecule has 0 spiro atoms. The van der Waals surface area contributed by atoms with Gasteiger partial charge in [-0.3, -0.25) is 0 Å². The van der Waals surface area contributed by atoms with Gasteiger partial charge in [-0.1, -0.05) is 42.0 Å². The Morgan fingerprint density at radius 1 is 1.21 bits per heavy atom. The summed E-state index contributed by atoms with van der Waals surface area (Å²) in [5.74, 6) is 0.137. The molecule has 8 nitrogen and oxygen atoms in total. The second-order valence-corrected chi connectivity index (χ2v) is 8.94. The molecule has 1 aliphatic heterocycles. The van der Waals surface area contributed by atoms with Crippen LogP contribution < -0.4 is 15.4 Å². The van der Waals surface area contributed by atoms with Crippen molar-refractivity contribution in [2.75, 3.05) is 11.9 Å². The highest BCUT2D eigenvalue weighted by Gasteiger charge is 2.44. The molecule has 5 N–H and O–H groups in total. The fourth-order valence-corrected chi connectivity index (χ4v) is 3.61. The molecule has 9 heteroatoms. The minimum Gasteiger partial charge on any atom is -0.460 e. The van der Waals surface area contributed by atoms with Crippen molar-refractivity contribution < 1.29 is 29.6 Å². The summed E-state index contributed by atoms with van der Waals surface area (Å²) in [7, 11) is 0. The number of aliphatic hydroxyl groups is 3. The van der Waals surface area contributed by atoms with Gasteiger partial charge in [-0.25, -0.2) is 4.79 Å². The van der Waals surface area contributed by atoms with Gasteiger partial charge in [-0.15, -0.1) is 0 Å². The molecular weight excluding hydrogens is 448 g/mol. The summed E-state index contributed by atoms with van der Waals surface area (Å²) < 4.78 is 10.9. The molecule has 1 heterocycles. The summed E-state index contributed by atoms with van der Waals surface area (Å²) in [5.41, 5.74) is 2.57. The van der Waals surface area contributed by atoms with Crippen molar-refractivity contribution in [3.63, 3.8) is 0 Å². The standard InChI is InChI=1S/C24H29ClN2O6/c1-13(2)14-6-5-7-15(10-14)24(3,4)27-23(31)26-16-8-9-17(25)18(11-16)32-22-21(30)20(29)19(12-28)33-22/h5-11,19-22,28-30H,1,12H2,2-4H3,(H2,26,27,31). The summed E-state index contributed by atoms with van der Waals surface area (Å²) in [6, 6.07) is 12.0. The second-order valence-electron chi connectivity index (χ2n) is 8.53. The summed E-state index contributed by atoms with van der Waals surface area (Å²) in [4.78, 5) is 12.7. The lowest BCUT2D eigenvalue weighted by Gasteiger charge is -2.27. The zero-order valence-electron chi connectivity index (χ0n) is 18.7. The number of ether oxygens (including phenoxy) is 2. The van der Waals surface area contributed by atoms with Crippen LogP contribution in [0.4, 0.5) is 10.5 Å². The van der Waals surface area contributed by atoms with Crippen LogP contribution in [-0.4, -0.2) is 52.6 Å². The Morgan fingerprint density at radius 3 is 2.58 bits per heavy atom. The number of urea groups is 1. The summed E-state index contributed by atoms with van der Waals surface area (Å²) >= 11 is 6.18. The van der Waals surface area contributed by atoms with Crippen molar-refractivity contribution in [2.45, 2.75) is 50.9 Å². The average molecular weight is 477 g/mol. The molecule has 3 rings (SSSR count). The van der Waals surface area contributed by atoms with Gasteiger partial charge in [0.15, 0.2) is 0 Å². The van der Waals surface area contributed by atoms with E-state index >= 15 is 0 Å². The van der Waals surface area contributed by atoms with Crippen molar-refractivity contribution in [1.29, 1.82) is 0 Å². The van der Waals surface area contributed by atoms with E-state index < -0.39 is 42.8 Å². The van der Waals surface area contributed by atoms with Crippen LogP contribution in [0.15, 0.2) is 49.0 Å². The quantitative estimate of drug-likeness (QED) is 0.418. The first-order chi connectivity index (χ1) is 15.5. The molecule has 2 aromatic rings. The third-order valence-corrected chi connectivity index (χ3v) is 5.75. The van der Waals surface area contributed by atoms with Crippen LogP contribution in [0, 0.1) is 0 Å². The van der Waals surface area contributed by atoms with E-state index in [2.05, 4.69) is 17.2 Å². The molecule has 4 unspecified atom stereocenters. The first kappa shape index (κ1) is 25.0. The van der Waals surface area contributed by atoms with Crippen LogP contribution in [0.2, 0.25) is 5.02 Å². The smallest absolute Gasteiger partial charge is 0.319 e. The van der Waals surface area contributed by atoms with Crippen molar-refractivity contribution in [1.82, 2.24) is 5.32 Å². The molecule has 1 aliphatic rings. The molecule has 1 fully saturated rings. The van der Waals surface area contributed by atoms with Crippen molar-refractivity contribution in [3.8, 4) is 5.75 Å². The van der Waals surface area contributed by atoms with Crippen molar-refractivity contribution in [3.05, 3.63) is 65.2 Å². The van der Waals surface area contributed by atoms with E-state index in [-0.39, 0.29) is 10.8 Å². The fourth-order valence-electron chi connectivity index (χ4n) is 3.45. The number of anilines is 1. The molecule has 0 aromatic heterocycles. The first-order valence-corrected chi connectivity index (χ1v) is 10.8. The predicted octanol–water partition coefficient (Wildman–Crippen LogP) is 3.25. The highest BCUT2D eigenvalue weighted by atomic mass is 35.5. The Bertz CT molecular complexity index is 1030. The van der Waals surface area contributed by atoms with Gasteiger partial charge in [0, 0.05) is 11.8 Å². The number of allylic oxidation sites excluding steroid dienone is 1. The molecule has 2 aromatic carbocycles. The Hall–Kier alpha value is -2.62. The van der Waals surface area contributed by atoms with Gasteiger partial charge >= 0.3 is 6.03 Å². The van der Waals surface area contributed by atoms with Gasteiger partial charge in [0.1, 0.15) is 24.1 Å². The van der Waals surface area contributed by atoms with Crippen molar-refractivity contribution >= 4 is 28.9 Å². The minimum atomic E-state index is -1.37. The summed E-state index contributed by atoms with van der Waals surface area (Å²) in [6.45, 7) is 9.19. The van der Waals surface area contributed by atoms with E-state index in [1.807, 2.05) is 45.0 Å². The van der Waals surface area contributed by atoms with Crippen LogP contribution in [0.3, 0.4) is 0 Å². The first-order valence-electron chi connectivity index (χ1n) is 10.5. The van der Waals surface area contributed by atoms with Gasteiger partial charge in [0.05, 0.1) is 17.2 Å². The number of rotatable bonds is 7. The number of hydrogen-bond donors (Lipinski definition) is 5. The van der Waals surface area contributed by atoms with Gasteiger partial charge in [0.2, 0.25) is 6.29 Å². The Kier molecular flexibility index (Phi) is 7.66. The lowest BCUT2D eigenvalue weighted by molar-refractivity contribution is -0.116. The van der Waals surface area contributed by atoms with Gasteiger partial charge in [-0.2, -0.15) is 0 Å². The number of carbonyl (C=O) groups is 1. The molecule has 33 heavy (non-hydrogen) atoms. The SMILES string of the molecule is C=C(C)c1cccc(C(C)(C)NC(=O)Nc2ccc(Cl)c(OC3OC(CO)C(O)C3O)c2)c1. The summed E-state index contributed by atoms with van der Waals surface area (Å²) in [5, 5.41) is 35.1. The van der Waals surface area contributed by atoms with E-state index in [1.54, 1.807) is 6.07 Å². The second kappa shape index (κ2) is 10.1. The zero-order chi connectivity index (χ0) is 24.3. The minimum absolute atomic E-state index is 0.137. The monoisotopic (exact) mass is 476 g/mol. The molecule has 4 atom stereocenters. The largest absolute Gasteiger partial charge is 0.460 e. The molecule has 0 bridgehead atoms. The number of aliphatic hydroxyl groups excluding tert-OH is 3. The van der Waals surface area contributed by atoms with E-state index in [4.69, 9.17) is 21.1 Å². The van der Waals surface area contributed by atoms with E-state index in [0.29, 0.717) is 5.69 Å². The number of nitrogens with one attached hydrogen (secondary N) is 2. The van der Waals surface area contributed by atoms with Gasteiger partial charge < -0.3 is 35.4 Å². The normalized spacial score (nSPS) is 22.6. The van der Waals surface area contributed by atoms with E-state index in [1.165, 1.54) is 12.1 Å². The molecule has 0 aliphatic carbocycles. The molecule has 0 radical (unpaired) electrons. The molecule has 178 valence electrons. The van der Waals surface area contributed by atoms with Crippen molar-refractivity contribution in [2.24, 2.45) is 0 Å². The number of halogens is 1. The predicted molar refractivity (Wildman–Crippen MR) is 126 cm³/mol. The zero-order valence-corrected chi connectivity index (χ0v) is 19.5. The van der Waals surface area contributed by atoms with E-state index in [0.717, 1.165) is 16.7 Å². The van der Waals surface area contributed by atoms with Crippen LogP contribution in [0.5, 0.6) is 5.75 Å². The Labute approximate surface area is 197 Å². The van der Waals surface area contributed by atoms with Crippen LogP contribution in [0.1, 0.15) is 31.9 Å². The number of hydrogen-bond acceptors (Lipinski definition) is 6. The number of carbonyl (C=O) groups excluding carboxylic acids is 1. The lowest BCUT2D eigenvalue weighted by Crippen LogP contribution is -2.43. The third kappa shape index (κ3) is 5.85. The number of amides is 2. The maximum atomic E-state index is 12.7. The number of benzene rings is 2. The van der Waals surface area contributed by atoms with Crippen LogP contribution in [-0.2, 0) is 10.3 Å². The molecular formula is C24H29ClN2O6. The van der Waals surface area contributed by atoms with E-state index in [9.17, 15) is 20.1 Å². The molecule has 0 saturated carbocycles. The third-order valence-electron chi connectivity index (χ3n) is 5.43.